The van der Waals surface area contributed by atoms with Crippen LogP contribution in [0.3, 0.4) is 0 Å². The second kappa shape index (κ2) is 3.34. The van der Waals surface area contributed by atoms with Crippen molar-refractivity contribution >= 4 is 5.69 Å². The summed E-state index contributed by atoms with van der Waals surface area (Å²) in [6.45, 7) is 0.787. The van der Waals surface area contributed by atoms with Crippen molar-refractivity contribution in [2.24, 2.45) is 0 Å². The highest BCUT2D eigenvalue weighted by molar-refractivity contribution is 5.45. The summed E-state index contributed by atoms with van der Waals surface area (Å²) in [4.78, 5) is 3.97. The van der Waals surface area contributed by atoms with Gasteiger partial charge in [-0.1, -0.05) is 0 Å². The molecule has 3 heteroatoms. The number of anilines is 1. The molecule has 0 unspecified atom stereocenters. The van der Waals surface area contributed by atoms with Gasteiger partial charge in [0.1, 0.15) is 0 Å². The van der Waals surface area contributed by atoms with E-state index in [0.29, 0.717) is 0 Å². The molecule has 0 spiro atoms. The molecule has 2 rings (SSSR count). The zero-order valence-corrected chi connectivity index (χ0v) is 7.79. The molecule has 1 aliphatic rings. The highest BCUT2D eigenvalue weighted by Crippen LogP contribution is 2.38. The number of hydrogen-bond acceptors (Lipinski definition) is 3. The average Bonchev–Trinajstić information content (AvgIpc) is 2.87. The Morgan fingerprint density at radius 1 is 1.46 bits per heavy atom. The molecular weight excluding hydrogens is 164 g/mol. The monoisotopic (exact) mass is 178 g/mol. The van der Waals surface area contributed by atoms with Crippen molar-refractivity contribution < 1.29 is 4.74 Å². The van der Waals surface area contributed by atoms with Crippen molar-refractivity contribution in [3.63, 3.8) is 0 Å². The Morgan fingerprint density at radius 2 is 2.15 bits per heavy atom. The van der Waals surface area contributed by atoms with Gasteiger partial charge in [-0.15, -0.1) is 0 Å². The number of methoxy groups -OCH3 is 1. The smallest absolute Gasteiger partial charge is 0.0692 e. The van der Waals surface area contributed by atoms with Gasteiger partial charge in [0.2, 0.25) is 0 Å². The van der Waals surface area contributed by atoms with Crippen molar-refractivity contribution in [1.82, 2.24) is 4.98 Å². The molecule has 1 fully saturated rings. The summed E-state index contributed by atoms with van der Waals surface area (Å²) in [6, 6.07) is 3.96. The van der Waals surface area contributed by atoms with E-state index in [1.165, 1.54) is 12.8 Å². The summed E-state index contributed by atoms with van der Waals surface area (Å²) in [5, 5.41) is 3.47. The van der Waals surface area contributed by atoms with Crippen LogP contribution in [0.5, 0.6) is 0 Å². The van der Waals surface area contributed by atoms with Crippen LogP contribution in [0.15, 0.2) is 24.5 Å². The molecular formula is C10H14N2O. The van der Waals surface area contributed by atoms with Crippen molar-refractivity contribution in [3.8, 4) is 0 Å². The lowest BCUT2D eigenvalue weighted by Gasteiger charge is -2.17. The maximum Gasteiger partial charge on any atom is 0.0692 e. The van der Waals surface area contributed by atoms with E-state index in [1.54, 1.807) is 19.5 Å². The molecule has 13 heavy (non-hydrogen) atoms. The van der Waals surface area contributed by atoms with E-state index in [0.717, 1.165) is 12.3 Å². The zero-order valence-electron chi connectivity index (χ0n) is 7.79. The van der Waals surface area contributed by atoms with E-state index in [1.807, 2.05) is 12.1 Å². The normalized spacial score (nSPS) is 18.2. The highest BCUT2D eigenvalue weighted by atomic mass is 16.5. The minimum Gasteiger partial charge on any atom is -0.382 e. The summed E-state index contributed by atoms with van der Waals surface area (Å²) in [6.07, 6.45) is 5.99. The lowest BCUT2D eigenvalue weighted by molar-refractivity contribution is 0.179. The SMILES string of the molecule is COCC1(Nc2ccncc2)CC1. The molecule has 0 aliphatic heterocycles. The fourth-order valence-electron chi connectivity index (χ4n) is 1.47. The Morgan fingerprint density at radius 3 is 2.69 bits per heavy atom. The van der Waals surface area contributed by atoms with Gasteiger partial charge in [-0.2, -0.15) is 0 Å². The van der Waals surface area contributed by atoms with Gasteiger partial charge in [0.15, 0.2) is 0 Å². The molecule has 0 saturated heterocycles. The van der Waals surface area contributed by atoms with Crippen molar-refractivity contribution in [1.29, 1.82) is 0 Å². The zero-order chi connectivity index (χ0) is 9.15. The van der Waals surface area contributed by atoms with E-state index in [-0.39, 0.29) is 5.54 Å². The summed E-state index contributed by atoms with van der Waals surface area (Å²) in [7, 11) is 1.74. The second-order valence-corrected chi connectivity index (χ2v) is 3.57. The number of nitrogens with one attached hydrogen (secondary N) is 1. The van der Waals surface area contributed by atoms with Crippen LogP contribution in [-0.4, -0.2) is 24.2 Å². The van der Waals surface area contributed by atoms with E-state index >= 15 is 0 Å². The molecule has 1 saturated carbocycles. The molecule has 1 heterocycles. The molecule has 70 valence electrons. The van der Waals surface area contributed by atoms with Crippen molar-refractivity contribution in [3.05, 3.63) is 24.5 Å². The Labute approximate surface area is 78.1 Å². The molecule has 1 N–H and O–H groups in total. The molecule has 0 aromatic carbocycles. The second-order valence-electron chi connectivity index (χ2n) is 3.57. The van der Waals surface area contributed by atoms with Gasteiger partial charge in [-0.05, 0) is 25.0 Å². The van der Waals surface area contributed by atoms with Crippen molar-refractivity contribution in [2.45, 2.75) is 18.4 Å². The van der Waals surface area contributed by atoms with Gasteiger partial charge in [-0.25, -0.2) is 0 Å². The molecule has 0 radical (unpaired) electrons. The van der Waals surface area contributed by atoms with Crippen LogP contribution in [0.25, 0.3) is 0 Å². The van der Waals surface area contributed by atoms with Crippen molar-refractivity contribution in [2.75, 3.05) is 19.0 Å². The quantitative estimate of drug-likeness (QED) is 0.761. The molecule has 1 aromatic heterocycles. The van der Waals surface area contributed by atoms with Crippen LogP contribution in [0.2, 0.25) is 0 Å². The number of ether oxygens (including phenoxy) is 1. The number of hydrogen-bond donors (Lipinski definition) is 1. The minimum atomic E-state index is 0.204. The van der Waals surface area contributed by atoms with Gasteiger partial charge < -0.3 is 10.1 Å². The van der Waals surface area contributed by atoms with Crippen LogP contribution >= 0.6 is 0 Å². The Balaban J connectivity index is 1.98. The minimum absolute atomic E-state index is 0.204. The molecule has 0 atom stereocenters. The third-order valence-corrected chi connectivity index (χ3v) is 2.36. The number of aromatic nitrogens is 1. The average molecular weight is 178 g/mol. The maximum absolute atomic E-state index is 5.16. The van der Waals surface area contributed by atoms with Gasteiger partial charge in [-0.3, -0.25) is 4.98 Å². The Hall–Kier alpha value is -1.09. The first-order valence-corrected chi connectivity index (χ1v) is 4.52. The molecule has 0 bridgehead atoms. The van der Waals surface area contributed by atoms with Crippen LogP contribution in [0.4, 0.5) is 5.69 Å². The van der Waals surface area contributed by atoms with Gasteiger partial charge >= 0.3 is 0 Å². The number of rotatable bonds is 4. The molecule has 1 aromatic rings. The van der Waals surface area contributed by atoms with Gasteiger partial charge in [0, 0.05) is 25.2 Å². The fourth-order valence-corrected chi connectivity index (χ4v) is 1.47. The summed E-state index contributed by atoms with van der Waals surface area (Å²) >= 11 is 0. The Bertz CT molecular complexity index is 270. The first-order chi connectivity index (χ1) is 6.35. The third-order valence-electron chi connectivity index (χ3n) is 2.36. The fraction of sp³-hybridized carbons (Fsp3) is 0.500. The Kier molecular flexibility index (Phi) is 2.19. The summed E-state index contributed by atoms with van der Waals surface area (Å²) in [5.41, 5.74) is 1.33. The lowest BCUT2D eigenvalue weighted by Crippen LogP contribution is -2.26. The van der Waals surface area contributed by atoms with Crippen LogP contribution in [0.1, 0.15) is 12.8 Å². The maximum atomic E-state index is 5.16. The van der Waals surface area contributed by atoms with Gasteiger partial charge in [0.25, 0.3) is 0 Å². The van der Waals surface area contributed by atoms with Crippen LogP contribution in [-0.2, 0) is 4.74 Å². The lowest BCUT2D eigenvalue weighted by atomic mass is 10.2. The molecule has 1 aliphatic carbocycles. The number of nitrogens with zero attached hydrogens (tertiary/aromatic N) is 1. The standard InChI is InChI=1S/C10H14N2O/c1-13-8-10(4-5-10)12-9-2-6-11-7-3-9/h2-3,6-7H,4-5,8H2,1H3,(H,11,12). The predicted molar refractivity (Wildman–Crippen MR) is 51.7 cm³/mol. The molecule has 3 nitrogen and oxygen atoms in total. The first kappa shape index (κ1) is 8.51. The van der Waals surface area contributed by atoms with E-state index in [2.05, 4.69) is 10.3 Å². The van der Waals surface area contributed by atoms with E-state index in [4.69, 9.17) is 4.74 Å². The van der Waals surface area contributed by atoms with E-state index in [9.17, 15) is 0 Å². The topological polar surface area (TPSA) is 34.1 Å². The van der Waals surface area contributed by atoms with Crippen LogP contribution < -0.4 is 5.32 Å². The molecule has 0 amide bonds. The number of pyridine rings is 1. The van der Waals surface area contributed by atoms with E-state index < -0.39 is 0 Å². The predicted octanol–water partition coefficient (Wildman–Crippen LogP) is 1.67. The summed E-state index contributed by atoms with van der Waals surface area (Å²) in [5.74, 6) is 0. The van der Waals surface area contributed by atoms with Gasteiger partial charge in [0.05, 0.1) is 12.1 Å². The largest absolute Gasteiger partial charge is 0.382 e. The van der Waals surface area contributed by atoms with Crippen LogP contribution in [0, 0.1) is 0 Å². The summed E-state index contributed by atoms with van der Waals surface area (Å²) < 4.78 is 5.16. The first-order valence-electron chi connectivity index (χ1n) is 4.52. The third kappa shape index (κ3) is 1.98. The highest BCUT2D eigenvalue weighted by Gasteiger charge is 2.42.